The lowest BCUT2D eigenvalue weighted by atomic mass is 10.2. The molecule has 0 bridgehead atoms. The highest BCUT2D eigenvalue weighted by Gasteiger charge is 2.09. The van der Waals surface area contributed by atoms with E-state index in [-0.39, 0.29) is 15.8 Å². The minimum absolute atomic E-state index is 0.136. The number of rotatable bonds is 6. The topological polar surface area (TPSA) is 0 Å². The second-order valence-electron chi connectivity index (χ2n) is 5.14. The van der Waals surface area contributed by atoms with E-state index in [0.29, 0.717) is 0 Å². The molecule has 2 heteroatoms. The Kier molecular flexibility index (Phi) is 6.02. The van der Waals surface area contributed by atoms with E-state index < -0.39 is 0 Å². The molecule has 2 atom stereocenters. The molecule has 2 aromatic rings. The summed E-state index contributed by atoms with van der Waals surface area (Å²) in [5, 5.41) is 0. The van der Waals surface area contributed by atoms with Crippen LogP contribution >= 0.6 is 15.8 Å². The van der Waals surface area contributed by atoms with Crippen LogP contribution in [0.1, 0.15) is 11.1 Å². The quantitative estimate of drug-likeness (QED) is 0.610. The van der Waals surface area contributed by atoms with Crippen molar-refractivity contribution in [3.63, 3.8) is 0 Å². The zero-order valence-corrected chi connectivity index (χ0v) is 13.6. The van der Waals surface area contributed by atoms with E-state index in [1.807, 2.05) is 0 Å². The van der Waals surface area contributed by atoms with Crippen LogP contribution in [0.25, 0.3) is 0 Å². The van der Waals surface area contributed by atoms with Crippen LogP contribution in [0.5, 0.6) is 0 Å². The van der Waals surface area contributed by atoms with E-state index >= 15 is 0 Å². The maximum absolute atomic E-state index is 2.45. The van der Waals surface area contributed by atoms with E-state index in [9.17, 15) is 0 Å². The van der Waals surface area contributed by atoms with E-state index in [0.717, 1.165) is 0 Å². The Balaban J connectivity index is 1.80. The molecule has 0 nitrogen and oxygen atoms in total. The van der Waals surface area contributed by atoms with Gasteiger partial charge in [-0.05, 0) is 42.7 Å². The molecule has 0 heterocycles. The molecule has 100 valence electrons. The SMILES string of the molecule is CP(Cc1ccccc1)CP(C)Cc1ccccc1. The summed E-state index contributed by atoms with van der Waals surface area (Å²) >= 11 is 0. The zero-order chi connectivity index (χ0) is 13.5. The summed E-state index contributed by atoms with van der Waals surface area (Å²) < 4.78 is 0. The second-order valence-corrected chi connectivity index (χ2v) is 10.3. The van der Waals surface area contributed by atoms with Gasteiger partial charge in [0.05, 0.1) is 0 Å². The first kappa shape index (κ1) is 14.7. The lowest BCUT2D eigenvalue weighted by Gasteiger charge is -2.18. The maximum Gasteiger partial charge on any atom is -0.00724 e. The highest BCUT2D eigenvalue weighted by atomic mass is 31.2. The minimum atomic E-state index is 0.136. The van der Waals surface area contributed by atoms with Crippen molar-refractivity contribution in [2.45, 2.75) is 12.3 Å². The first-order chi connectivity index (χ1) is 9.24. The molecular weight excluding hydrogens is 266 g/mol. The molecule has 2 aromatic carbocycles. The molecule has 0 saturated carbocycles. The maximum atomic E-state index is 2.45. The van der Waals surface area contributed by atoms with Gasteiger partial charge in [-0.2, -0.15) is 0 Å². The van der Waals surface area contributed by atoms with Crippen LogP contribution < -0.4 is 0 Å². The first-order valence-electron chi connectivity index (χ1n) is 6.69. The summed E-state index contributed by atoms with van der Waals surface area (Å²) in [6.45, 7) is 4.90. The Hall–Kier alpha value is -0.700. The van der Waals surface area contributed by atoms with Crippen LogP contribution in [-0.4, -0.2) is 19.2 Å². The van der Waals surface area contributed by atoms with E-state index in [4.69, 9.17) is 0 Å². The van der Waals surface area contributed by atoms with Gasteiger partial charge in [0.25, 0.3) is 0 Å². The fourth-order valence-electron chi connectivity index (χ4n) is 2.30. The summed E-state index contributed by atoms with van der Waals surface area (Å²) in [5.41, 5.74) is 3.00. The molecule has 0 spiro atoms. The number of hydrogen-bond donors (Lipinski definition) is 0. The molecular formula is C17H22P2. The lowest BCUT2D eigenvalue weighted by Crippen LogP contribution is -1.90. The monoisotopic (exact) mass is 288 g/mol. The zero-order valence-electron chi connectivity index (χ0n) is 11.8. The molecule has 2 rings (SSSR count). The molecule has 0 fully saturated rings. The van der Waals surface area contributed by atoms with Crippen LogP contribution in [-0.2, 0) is 12.3 Å². The third kappa shape index (κ3) is 5.43. The van der Waals surface area contributed by atoms with Gasteiger partial charge in [-0.1, -0.05) is 60.7 Å². The Morgan fingerprint density at radius 3 is 1.37 bits per heavy atom. The average molecular weight is 288 g/mol. The molecule has 0 radical (unpaired) electrons. The predicted molar refractivity (Wildman–Crippen MR) is 90.8 cm³/mol. The number of hydrogen-bond acceptors (Lipinski definition) is 0. The average Bonchev–Trinajstić information content (AvgIpc) is 2.40. The predicted octanol–water partition coefficient (Wildman–Crippen LogP) is 5.57. The van der Waals surface area contributed by atoms with Crippen molar-refractivity contribution in [3.05, 3.63) is 71.8 Å². The third-order valence-electron chi connectivity index (χ3n) is 3.07. The van der Waals surface area contributed by atoms with Gasteiger partial charge in [-0.25, -0.2) is 0 Å². The van der Waals surface area contributed by atoms with Gasteiger partial charge in [0.1, 0.15) is 0 Å². The second kappa shape index (κ2) is 7.78. The van der Waals surface area contributed by atoms with Gasteiger partial charge in [0.15, 0.2) is 0 Å². The molecule has 0 aliphatic carbocycles. The summed E-state index contributed by atoms with van der Waals surface area (Å²) in [5.74, 6) is 1.43. The van der Waals surface area contributed by atoms with Crippen molar-refractivity contribution < 1.29 is 0 Å². The van der Waals surface area contributed by atoms with E-state index in [2.05, 4.69) is 74.0 Å². The molecule has 0 aromatic heterocycles. The van der Waals surface area contributed by atoms with Crippen molar-refractivity contribution in [3.8, 4) is 0 Å². The molecule has 0 aliphatic rings. The molecule has 0 amide bonds. The molecule has 19 heavy (non-hydrogen) atoms. The summed E-state index contributed by atoms with van der Waals surface area (Å²) in [6.07, 6.45) is 2.55. The fraction of sp³-hybridized carbons (Fsp3) is 0.294. The van der Waals surface area contributed by atoms with Crippen LogP contribution in [0, 0.1) is 0 Å². The Morgan fingerprint density at radius 2 is 1.00 bits per heavy atom. The summed E-state index contributed by atoms with van der Waals surface area (Å²) in [6, 6.07) is 21.8. The summed E-state index contributed by atoms with van der Waals surface area (Å²) in [4.78, 5) is 0. The minimum Gasteiger partial charge on any atom is -0.101 e. The van der Waals surface area contributed by atoms with Crippen LogP contribution in [0.2, 0.25) is 0 Å². The summed E-state index contributed by atoms with van der Waals surface area (Å²) in [7, 11) is 0.273. The Bertz CT molecular complexity index is 422. The van der Waals surface area contributed by atoms with Crippen molar-refractivity contribution in [1.82, 2.24) is 0 Å². The molecule has 0 aliphatic heterocycles. The fourth-order valence-corrected chi connectivity index (χ4v) is 8.07. The smallest absolute Gasteiger partial charge is 0.00724 e. The van der Waals surface area contributed by atoms with Crippen LogP contribution in [0.3, 0.4) is 0 Å². The van der Waals surface area contributed by atoms with Crippen molar-refractivity contribution in [2.24, 2.45) is 0 Å². The lowest BCUT2D eigenvalue weighted by molar-refractivity contribution is 1.38. The molecule has 2 unspecified atom stereocenters. The van der Waals surface area contributed by atoms with E-state index in [1.54, 1.807) is 0 Å². The number of benzene rings is 2. The Labute approximate surface area is 119 Å². The van der Waals surface area contributed by atoms with Crippen LogP contribution in [0.15, 0.2) is 60.7 Å². The van der Waals surface area contributed by atoms with Gasteiger partial charge in [0, 0.05) is 0 Å². The largest absolute Gasteiger partial charge is 0.101 e. The normalized spacial score (nSPS) is 14.0. The van der Waals surface area contributed by atoms with Crippen molar-refractivity contribution in [1.29, 1.82) is 0 Å². The molecule has 0 saturated heterocycles. The highest BCUT2D eigenvalue weighted by molar-refractivity contribution is 7.73. The van der Waals surface area contributed by atoms with Gasteiger partial charge < -0.3 is 0 Å². The van der Waals surface area contributed by atoms with Gasteiger partial charge >= 0.3 is 0 Å². The van der Waals surface area contributed by atoms with E-state index in [1.165, 1.54) is 29.4 Å². The standard InChI is InChI=1S/C17H22P2/c1-18(13-16-9-5-3-6-10-16)15-19(2)14-17-11-7-4-8-12-17/h3-12H,13-15H2,1-2H3. The first-order valence-corrected chi connectivity index (χ1v) is 11.0. The Morgan fingerprint density at radius 1 is 0.632 bits per heavy atom. The highest BCUT2D eigenvalue weighted by Crippen LogP contribution is 2.50. The van der Waals surface area contributed by atoms with Gasteiger partial charge in [-0.3, -0.25) is 0 Å². The van der Waals surface area contributed by atoms with Crippen molar-refractivity contribution >= 4 is 15.8 Å². The van der Waals surface area contributed by atoms with Crippen molar-refractivity contribution in [2.75, 3.05) is 19.2 Å². The molecule has 0 N–H and O–H groups in total. The third-order valence-corrected chi connectivity index (χ3v) is 8.75. The van der Waals surface area contributed by atoms with Gasteiger partial charge in [0.2, 0.25) is 0 Å². The van der Waals surface area contributed by atoms with Gasteiger partial charge in [-0.15, -0.1) is 15.8 Å². The van der Waals surface area contributed by atoms with Crippen LogP contribution in [0.4, 0.5) is 0 Å².